The van der Waals surface area contributed by atoms with E-state index in [0.29, 0.717) is 18.8 Å². The van der Waals surface area contributed by atoms with Crippen LogP contribution >= 0.6 is 0 Å². The zero-order valence-electron chi connectivity index (χ0n) is 8.77. The summed E-state index contributed by atoms with van der Waals surface area (Å²) in [5.41, 5.74) is -0.948. The average molecular weight is 231 g/mol. The molecular formula is C11H12F3NO. The molecule has 0 aliphatic carbocycles. The minimum atomic E-state index is -4.29. The summed E-state index contributed by atoms with van der Waals surface area (Å²) in [6, 6.07) is 4.77. The van der Waals surface area contributed by atoms with Gasteiger partial charge in [-0.2, -0.15) is 13.2 Å². The Morgan fingerprint density at radius 3 is 2.12 bits per heavy atom. The van der Waals surface area contributed by atoms with Crippen molar-refractivity contribution in [3.8, 4) is 5.75 Å². The molecule has 0 saturated carbocycles. The fourth-order valence-corrected chi connectivity index (χ4v) is 1.55. The van der Waals surface area contributed by atoms with Crippen molar-refractivity contribution in [1.29, 1.82) is 0 Å². The highest BCUT2D eigenvalue weighted by Crippen LogP contribution is 2.31. The zero-order valence-corrected chi connectivity index (χ0v) is 8.77. The Bertz CT molecular complexity index is 368. The maximum absolute atomic E-state index is 12.3. The first-order valence-corrected chi connectivity index (χ1v) is 4.96. The van der Waals surface area contributed by atoms with Crippen LogP contribution in [0.25, 0.3) is 0 Å². The van der Waals surface area contributed by atoms with Crippen LogP contribution in [0.15, 0.2) is 24.3 Å². The number of rotatable bonds is 2. The van der Waals surface area contributed by atoms with Crippen LogP contribution in [-0.4, -0.2) is 18.7 Å². The van der Waals surface area contributed by atoms with Crippen molar-refractivity contribution in [3.05, 3.63) is 29.8 Å². The second kappa shape index (κ2) is 3.66. The maximum Gasteiger partial charge on any atom is 0.416 e. The van der Waals surface area contributed by atoms with Gasteiger partial charge in [-0.05, 0) is 31.2 Å². The van der Waals surface area contributed by atoms with Gasteiger partial charge in [0.15, 0.2) is 0 Å². The summed E-state index contributed by atoms with van der Waals surface area (Å²) < 4.78 is 42.4. The minimum Gasteiger partial charge on any atom is -0.485 e. The van der Waals surface area contributed by atoms with Gasteiger partial charge in [-0.3, -0.25) is 0 Å². The Balaban J connectivity index is 2.08. The fourth-order valence-electron chi connectivity index (χ4n) is 1.55. The molecule has 1 aromatic rings. The largest absolute Gasteiger partial charge is 0.485 e. The first-order chi connectivity index (χ1) is 7.39. The fraction of sp³-hybridized carbons (Fsp3) is 0.455. The smallest absolute Gasteiger partial charge is 0.416 e. The first kappa shape index (κ1) is 11.3. The second-order valence-electron chi connectivity index (χ2n) is 4.18. The molecule has 0 radical (unpaired) electrons. The summed E-state index contributed by atoms with van der Waals surface area (Å²) in [5.74, 6) is 0.469. The van der Waals surface area contributed by atoms with Gasteiger partial charge in [-0.15, -0.1) is 0 Å². The summed E-state index contributed by atoms with van der Waals surface area (Å²) in [6.07, 6.45) is -4.29. The molecule has 1 N–H and O–H groups in total. The molecule has 1 saturated heterocycles. The van der Waals surface area contributed by atoms with E-state index in [1.807, 2.05) is 6.92 Å². The number of halogens is 3. The van der Waals surface area contributed by atoms with E-state index in [1.165, 1.54) is 12.1 Å². The van der Waals surface area contributed by atoms with Crippen molar-refractivity contribution >= 4 is 0 Å². The van der Waals surface area contributed by atoms with Crippen LogP contribution < -0.4 is 10.1 Å². The molecule has 1 heterocycles. The molecule has 0 atom stereocenters. The van der Waals surface area contributed by atoms with E-state index >= 15 is 0 Å². The van der Waals surface area contributed by atoms with Gasteiger partial charge in [0, 0.05) is 13.1 Å². The second-order valence-corrected chi connectivity index (χ2v) is 4.18. The van der Waals surface area contributed by atoms with Crippen LogP contribution in [0.4, 0.5) is 13.2 Å². The predicted molar refractivity (Wildman–Crippen MR) is 53.3 cm³/mol. The van der Waals surface area contributed by atoms with Crippen molar-refractivity contribution in [2.45, 2.75) is 18.7 Å². The molecule has 0 amide bonds. The number of ether oxygens (including phenoxy) is 1. The molecule has 1 aliphatic rings. The molecular weight excluding hydrogens is 219 g/mol. The number of alkyl halides is 3. The predicted octanol–water partition coefficient (Wildman–Crippen LogP) is 2.45. The molecule has 0 bridgehead atoms. The zero-order chi connectivity index (χ0) is 11.8. The van der Waals surface area contributed by atoms with Crippen LogP contribution in [0, 0.1) is 0 Å². The van der Waals surface area contributed by atoms with Crippen LogP contribution in [0.5, 0.6) is 5.75 Å². The standard InChI is InChI=1S/C11H12F3NO/c1-10(6-15-7-10)16-9-4-2-8(3-5-9)11(12,13)14/h2-5,15H,6-7H2,1H3. The van der Waals surface area contributed by atoms with Crippen LogP contribution in [0.1, 0.15) is 12.5 Å². The normalized spacial score (nSPS) is 19.0. The van der Waals surface area contributed by atoms with E-state index in [2.05, 4.69) is 5.32 Å². The van der Waals surface area contributed by atoms with Gasteiger partial charge in [-0.25, -0.2) is 0 Å². The molecule has 0 spiro atoms. The highest BCUT2D eigenvalue weighted by molar-refractivity contribution is 5.29. The Labute approximate surface area is 91.4 Å². The molecule has 5 heteroatoms. The summed E-state index contributed by atoms with van der Waals surface area (Å²) in [7, 11) is 0. The van der Waals surface area contributed by atoms with Crippen LogP contribution in [0.3, 0.4) is 0 Å². The summed E-state index contributed by atoms with van der Waals surface area (Å²) >= 11 is 0. The van der Waals surface area contributed by atoms with Gasteiger partial charge in [0.1, 0.15) is 11.4 Å². The number of hydrogen-bond acceptors (Lipinski definition) is 2. The molecule has 1 aliphatic heterocycles. The molecule has 0 unspecified atom stereocenters. The number of nitrogens with one attached hydrogen (secondary N) is 1. The molecule has 1 aromatic carbocycles. The van der Waals surface area contributed by atoms with E-state index in [0.717, 1.165) is 12.1 Å². The molecule has 2 nitrogen and oxygen atoms in total. The molecule has 2 rings (SSSR count). The van der Waals surface area contributed by atoms with Gasteiger partial charge >= 0.3 is 6.18 Å². The summed E-state index contributed by atoms with van der Waals surface area (Å²) in [6.45, 7) is 3.35. The lowest BCUT2D eigenvalue weighted by molar-refractivity contribution is -0.137. The summed E-state index contributed by atoms with van der Waals surface area (Å²) in [5, 5.41) is 3.05. The third kappa shape index (κ3) is 2.29. The monoisotopic (exact) mass is 231 g/mol. The van der Waals surface area contributed by atoms with Crippen LogP contribution in [0.2, 0.25) is 0 Å². The van der Waals surface area contributed by atoms with Gasteiger partial charge in [0.25, 0.3) is 0 Å². The van der Waals surface area contributed by atoms with Crippen LogP contribution in [-0.2, 0) is 6.18 Å². The van der Waals surface area contributed by atoms with E-state index < -0.39 is 11.7 Å². The van der Waals surface area contributed by atoms with Crippen molar-refractivity contribution in [2.24, 2.45) is 0 Å². The van der Waals surface area contributed by atoms with Crippen molar-refractivity contribution < 1.29 is 17.9 Å². The van der Waals surface area contributed by atoms with E-state index in [1.54, 1.807) is 0 Å². The molecule has 0 aromatic heterocycles. The lowest BCUT2D eigenvalue weighted by Gasteiger charge is -2.39. The Hall–Kier alpha value is -1.23. The van der Waals surface area contributed by atoms with E-state index in [-0.39, 0.29) is 5.60 Å². The van der Waals surface area contributed by atoms with E-state index in [9.17, 15) is 13.2 Å². The average Bonchev–Trinajstić information content (AvgIpc) is 2.15. The van der Waals surface area contributed by atoms with Gasteiger partial charge in [-0.1, -0.05) is 0 Å². The van der Waals surface area contributed by atoms with Gasteiger partial charge in [0.2, 0.25) is 0 Å². The topological polar surface area (TPSA) is 21.3 Å². The molecule has 1 fully saturated rings. The van der Waals surface area contributed by atoms with Crippen molar-refractivity contribution in [1.82, 2.24) is 5.32 Å². The Morgan fingerprint density at radius 2 is 1.75 bits per heavy atom. The maximum atomic E-state index is 12.3. The number of benzene rings is 1. The SMILES string of the molecule is CC1(Oc2ccc(C(F)(F)F)cc2)CNC1. The highest BCUT2D eigenvalue weighted by Gasteiger charge is 2.34. The number of hydrogen-bond donors (Lipinski definition) is 1. The molecule has 16 heavy (non-hydrogen) atoms. The van der Waals surface area contributed by atoms with Gasteiger partial charge in [0.05, 0.1) is 5.56 Å². The lowest BCUT2D eigenvalue weighted by Crippen LogP contribution is -2.60. The third-order valence-electron chi connectivity index (χ3n) is 2.54. The van der Waals surface area contributed by atoms with Crippen molar-refractivity contribution in [2.75, 3.05) is 13.1 Å². The Kier molecular flexibility index (Phi) is 2.58. The Morgan fingerprint density at radius 1 is 1.19 bits per heavy atom. The minimum absolute atomic E-state index is 0.292. The highest BCUT2D eigenvalue weighted by atomic mass is 19.4. The van der Waals surface area contributed by atoms with Gasteiger partial charge < -0.3 is 10.1 Å². The summed E-state index contributed by atoms with van der Waals surface area (Å²) in [4.78, 5) is 0. The quantitative estimate of drug-likeness (QED) is 0.844. The lowest BCUT2D eigenvalue weighted by atomic mass is 10.00. The molecule has 88 valence electrons. The first-order valence-electron chi connectivity index (χ1n) is 4.96. The van der Waals surface area contributed by atoms with Crippen molar-refractivity contribution in [3.63, 3.8) is 0 Å². The third-order valence-corrected chi connectivity index (χ3v) is 2.54. The van der Waals surface area contributed by atoms with E-state index in [4.69, 9.17) is 4.74 Å².